The predicted octanol–water partition coefficient (Wildman–Crippen LogP) is 3.94. The summed E-state index contributed by atoms with van der Waals surface area (Å²) >= 11 is 0. The van der Waals surface area contributed by atoms with Gasteiger partial charge in [0.25, 0.3) is 0 Å². The first-order valence-corrected chi connectivity index (χ1v) is 9.38. The first kappa shape index (κ1) is 18.8. The Hall–Kier alpha value is -2.50. The number of carbonyl (C=O) groups is 1. The molecule has 150 valence electrons. The minimum atomic E-state index is -4.64. The number of hydrogen-bond donors (Lipinski definition) is 1. The third kappa shape index (κ3) is 2.95. The van der Waals surface area contributed by atoms with Crippen molar-refractivity contribution in [2.24, 2.45) is 11.3 Å². The number of carboxylic acid groups (broad SMARTS) is 1. The molecule has 0 radical (unpaired) electrons. The first-order chi connectivity index (χ1) is 13.1. The summed E-state index contributed by atoms with van der Waals surface area (Å²) in [6.45, 7) is 10.8. The van der Waals surface area contributed by atoms with Crippen LogP contribution in [0.5, 0.6) is 0 Å². The maximum Gasteiger partial charge on any atom is 0.407 e. The second-order valence-electron chi connectivity index (χ2n) is 8.26. The summed E-state index contributed by atoms with van der Waals surface area (Å²) in [5.41, 5.74) is -1.53. The number of anilines is 2. The molecule has 9 heteroatoms. The molecular formula is C19H21F3N4O2. The molecular weight excluding hydrogens is 373 g/mol. The van der Waals surface area contributed by atoms with Gasteiger partial charge in [-0.2, -0.15) is 13.2 Å². The van der Waals surface area contributed by atoms with Crippen LogP contribution >= 0.6 is 0 Å². The fourth-order valence-electron chi connectivity index (χ4n) is 4.66. The van der Waals surface area contributed by atoms with E-state index in [9.17, 15) is 18.0 Å². The lowest BCUT2D eigenvalue weighted by molar-refractivity contribution is -0.149. The van der Waals surface area contributed by atoms with Crippen molar-refractivity contribution in [2.75, 3.05) is 29.4 Å². The zero-order chi connectivity index (χ0) is 20.3. The third-order valence-electron chi connectivity index (χ3n) is 6.44. The van der Waals surface area contributed by atoms with Crippen LogP contribution in [0.15, 0.2) is 6.07 Å². The molecule has 2 aliphatic heterocycles. The van der Waals surface area contributed by atoms with Crippen LogP contribution in [0, 0.1) is 17.9 Å². The SMILES string of the molecule is [C-]#[N+]c1c(C(F)(F)F)cc(N2CCC3(CC(C(=O)O)C3)C2)nc1N1CC[C@@H]1C. The molecule has 28 heavy (non-hydrogen) atoms. The molecule has 3 heterocycles. The highest BCUT2D eigenvalue weighted by atomic mass is 19.4. The number of aromatic nitrogens is 1. The summed E-state index contributed by atoms with van der Waals surface area (Å²) in [7, 11) is 0. The number of alkyl halides is 3. The van der Waals surface area contributed by atoms with Crippen molar-refractivity contribution in [3.8, 4) is 0 Å². The van der Waals surface area contributed by atoms with E-state index in [4.69, 9.17) is 11.7 Å². The lowest BCUT2D eigenvalue weighted by atomic mass is 9.61. The second-order valence-corrected chi connectivity index (χ2v) is 8.26. The number of pyridine rings is 1. The van der Waals surface area contributed by atoms with Crippen LogP contribution < -0.4 is 9.80 Å². The maximum absolute atomic E-state index is 13.7. The zero-order valence-corrected chi connectivity index (χ0v) is 15.5. The lowest BCUT2D eigenvalue weighted by Crippen LogP contribution is -2.46. The van der Waals surface area contributed by atoms with Gasteiger partial charge in [-0.25, -0.2) is 9.83 Å². The van der Waals surface area contributed by atoms with Crippen LogP contribution in [0.1, 0.15) is 38.2 Å². The Morgan fingerprint density at radius 2 is 2.11 bits per heavy atom. The fourth-order valence-corrected chi connectivity index (χ4v) is 4.66. The minimum absolute atomic E-state index is 0.0530. The molecule has 2 saturated heterocycles. The maximum atomic E-state index is 13.7. The highest BCUT2D eigenvalue weighted by molar-refractivity contribution is 5.76. The molecule has 0 amide bonds. The largest absolute Gasteiger partial charge is 0.481 e. The van der Waals surface area contributed by atoms with E-state index in [-0.39, 0.29) is 29.0 Å². The molecule has 0 unspecified atom stereocenters. The van der Waals surface area contributed by atoms with Crippen molar-refractivity contribution in [1.29, 1.82) is 0 Å². The summed E-state index contributed by atoms with van der Waals surface area (Å²) < 4.78 is 41.0. The Balaban J connectivity index is 1.67. The van der Waals surface area contributed by atoms with Crippen molar-refractivity contribution in [3.05, 3.63) is 23.0 Å². The minimum Gasteiger partial charge on any atom is -0.481 e. The molecule has 1 aromatic heterocycles. The predicted molar refractivity (Wildman–Crippen MR) is 96.5 cm³/mol. The van der Waals surface area contributed by atoms with Crippen LogP contribution in [0.3, 0.4) is 0 Å². The van der Waals surface area contributed by atoms with Gasteiger partial charge >= 0.3 is 12.1 Å². The molecule has 1 aromatic rings. The number of halogens is 3. The van der Waals surface area contributed by atoms with Crippen LogP contribution in [-0.4, -0.2) is 41.7 Å². The van der Waals surface area contributed by atoms with E-state index in [1.807, 2.05) is 11.8 Å². The first-order valence-electron chi connectivity index (χ1n) is 9.38. The fraction of sp³-hybridized carbons (Fsp3) is 0.632. The third-order valence-corrected chi connectivity index (χ3v) is 6.44. The monoisotopic (exact) mass is 394 g/mol. The molecule has 1 N–H and O–H groups in total. The van der Waals surface area contributed by atoms with Gasteiger partial charge in [0, 0.05) is 25.7 Å². The Morgan fingerprint density at radius 3 is 2.61 bits per heavy atom. The van der Waals surface area contributed by atoms with Gasteiger partial charge in [0.2, 0.25) is 5.69 Å². The van der Waals surface area contributed by atoms with Crippen molar-refractivity contribution in [1.82, 2.24) is 4.98 Å². The van der Waals surface area contributed by atoms with Gasteiger partial charge in [-0.15, -0.1) is 0 Å². The molecule has 3 fully saturated rings. The Kier molecular flexibility index (Phi) is 4.21. The molecule has 1 atom stereocenters. The van der Waals surface area contributed by atoms with E-state index in [0.717, 1.165) is 18.9 Å². The number of rotatable bonds is 3. The molecule has 1 spiro atoms. The van der Waals surface area contributed by atoms with Crippen molar-refractivity contribution >= 4 is 23.3 Å². The molecule has 6 nitrogen and oxygen atoms in total. The summed E-state index contributed by atoms with van der Waals surface area (Å²) in [6.07, 6.45) is -1.92. The standard InChI is InChI=1S/C19H21F3N4O2/c1-11-3-5-26(11)16-15(23-2)13(19(20,21)22)7-14(24-16)25-6-4-18(10-25)8-12(9-18)17(27)28/h7,11-12H,3-6,8-10H2,1H3,(H,27,28)/t11-,12?,18?/m0/s1. The highest BCUT2D eigenvalue weighted by Gasteiger charge is 2.51. The smallest absolute Gasteiger partial charge is 0.407 e. The van der Waals surface area contributed by atoms with Gasteiger partial charge < -0.3 is 14.9 Å². The van der Waals surface area contributed by atoms with Gasteiger partial charge in [-0.1, -0.05) is 0 Å². The topological polar surface area (TPSA) is 61.0 Å². The average Bonchev–Trinajstić information content (AvgIpc) is 3.03. The van der Waals surface area contributed by atoms with Gasteiger partial charge in [0.1, 0.15) is 11.6 Å². The number of nitrogens with zero attached hydrogens (tertiary/aromatic N) is 4. The summed E-state index contributed by atoms with van der Waals surface area (Å²) in [4.78, 5) is 22.3. The Labute approximate surface area is 160 Å². The summed E-state index contributed by atoms with van der Waals surface area (Å²) in [5, 5.41) is 9.11. The van der Waals surface area contributed by atoms with Gasteiger partial charge in [0.05, 0.1) is 18.1 Å². The molecule has 1 aliphatic carbocycles. The number of carboxylic acids is 1. The van der Waals surface area contributed by atoms with E-state index < -0.39 is 23.4 Å². The average molecular weight is 394 g/mol. The van der Waals surface area contributed by atoms with Crippen molar-refractivity contribution in [2.45, 2.75) is 44.8 Å². The molecule has 1 saturated carbocycles. The van der Waals surface area contributed by atoms with E-state index in [1.54, 1.807) is 4.90 Å². The molecule has 0 bridgehead atoms. The van der Waals surface area contributed by atoms with E-state index in [2.05, 4.69) is 9.83 Å². The van der Waals surface area contributed by atoms with Crippen LogP contribution in [0.4, 0.5) is 30.5 Å². The van der Waals surface area contributed by atoms with Crippen LogP contribution in [0.25, 0.3) is 4.85 Å². The van der Waals surface area contributed by atoms with E-state index in [0.29, 0.717) is 32.5 Å². The second kappa shape index (κ2) is 6.26. The molecule has 3 aliphatic rings. The van der Waals surface area contributed by atoms with Gasteiger partial charge in [0.15, 0.2) is 0 Å². The summed E-state index contributed by atoms with van der Waals surface area (Å²) in [5.74, 6) is -0.835. The highest BCUT2D eigenvalue weighted by Crippen LogP contribution is 2.53. The number of hydrogen-bond acceptors (Lipinski definition) is 4. The van der Waals surface area contributed by atoms with Crippen LogP contribution in [-0.2, 0) is 11.0 Å². The van der Waals surface area contributed by atoms with Crippen LogP contribution in [0.2, 0.25) is 0 Å². The van der Waals surface area contributed by atoms with Gasteiger partial charge in [-0.3, -0.25) is 4.79 Å². The lowest BCUT2D eigenvalue weighted by Gasteiger charge is -2.43. The Bertz CT molecular complexity index is 858. The summed E-state index contributed by atoms with van der Waals surface area (Å²) in [6, 6.07) is 1.03. The Morgan fingerprint density at radius 1 is 1.39 bits per heavy atom. The molecule has 0 aromatic carbocycles. The van der Waals surface area contributed by atoms with Crippen molar-refractivity contribution < 1.29 is 23.1 Å². The zero-order valence-electron chi connectivity index (χ0n) is 15.5. The van der Waals surface area contributed by atoms with Gasteiger partial charge in [-0.05, 0) is 44.1 Å². The van der Waals surface area contributed by atoms with Crippen molar-refractivity contribution in [3.63, 3.8) is 0 Å². The van der Waals surface area contributed by atoms with E-state index >= 15 is 0 Å². The number of aliphatic carboxylic acids is 1. The van der Waals surface area contributed by atoms with E-state index in [1.165, 1.54) is 0 Å². The quantitative estimate of drug-likeness (QED) is 0.787. The normalized spacial score (nSPS) is 29.4. The molecule has 4 rings (SSSR count).